The molecular weight excluding hydrogens is 422 g/mol. The quantitative estimate of drug-likeness (QED) is 0.123. The number of nitrogens with zero attached hydrogens (tertiary/aromatic N) is 1. The average Bonchev–Trinajstić information content (AvgIpc) is 2.88. The summed E-state index contributed by atoms with van der Waals surface area (Å²) in [5.74, 6) is 0.967. The maximum atomic E-state index is 12.5. The molecule has 0 saturated heterocycles. The van der Waals surface area contributed by atoms with Crippen molar-refractivity contribution < 1.29 is 14.3 Å². The molecule has 0 radical (unpaired) electrons. The van der Waals surface area contributed by atoms with Crippen molar-refractivity contribution in [2.24, 2.45) is 4.99 Å². The van der Waals surface area contributed by atoms with Crippen molar-refractivity contribution in [1.29, 1.82) is 0 Å². The summed E-state index contributed by atoms with van der Waals surface area (Å²) in [6.45, 7) is 2.97. The Kier molecular flexibility index (Phi) is 11.7. The van der Waals surface area contributed by atoms with Gasteiger partial charge in [-0.3, -0.25) is 4.99 Å². The zero-order chi connectivity index (χ0) is 23.8. The third-order valence-corrected chi connectivity index (χ3v) is 6.46. The number of esters is 1. The Morgan fingerprint density at radius 1 is 0.824 bits per heavy atom. The molecule has 4 nitrogen and oxygen atoms in total. The van der Waals surface area contributed by atoms with Crippen molar-refractivity contribution in [3.8, 4) is 11.5 Å². The van der Waals surface area contributed by atoms with Gasteiger partial charge in [-0.25, -0.2) is 4.79 Å². The molecule has 0 bridgehead atoms. The highest BCUT2D eigenvalue weighted by molar-refractivity contribution is 5.91. The highest BCUT2D eigenvalue weighted by atomic mass is 16.5. The molecule has 0 aromatic heterocycles. The summed E-state index contributed by atoms with van der Waals surface area (Å²) in [6.07, 6.45) is 18.5. The van der Waals surface area contributed by atoms with Crippen molar-refractivity contribution in [2.75, 3.05) is 6.61 Å². The Bertz CT molecular complexity index is 852. The molecule has 0 amide bonds. The molecular formula is C30H41NO3. The summed E-state index contributed by atoms with van der Waals surface area (Å²) in [6, 6.07) is 15.2. The highest BCUT2D eigenvalue weighted by Gasteiger charge is 2.11. The lowest BCUT2D eigenvalue weighted by molar-refractivity contribution is 0.0734. The molecule has 1 saturated carbocycles. The van der Waals surface area contributed by atoms with Crippen LogP contribution in [0.15, 0.2) is 53.5 Å². The number of hydrogen-bond donors (Lipinski definition) is 0. The summed E-state index contributed by atoms with van der Waals surface area (Å²) >= 11 is 0. The number of ether oxygens (including phenoxy) is 2. The van der Waals surface area contributed by atoms with Crippen molar-refractivity contribution in [3.63, 3.8) is 0 Å². The first-order valence-corrected chi connectivity index (χ1v) is 13.3. The van der Waals surface area contributed by atoms with Crippen LogP contribution >= 0.6 is 0 Å². The summed E-state index contributed by atoms with van der Waals surface area (Å²) in [4.78, 5) is 17.2. The van der Waals surface area contributed by atoms with Gasteiger partial charge in [-0.1, -0.05) is 71.1 Å². The largest absolute Gasteiger partial charge is 0.494 e. The molecule has 0 spiro atoms. The second kappa shape index (κ2) is 15.3. The van der Waals surface area contributed by atoms with Crippen molar-refractivity contribution >= 4 is 12.2 Å². The number of benzene rings is 2. The first-order chi connectivity index (χ1) is 16.7. The molecule has 184 valence electrons. The highest BCUT2D eigenvalue weighted by Crippen LogP contribution is 2.21. The van der Waals surface area contributed by atoms with Crippen LogP contribution in [-0.2, 0) is 0 Å². The molecule has 1 fully saturated rings. The minimum atomic E-state index is -0.363. The Morgan fingerprint density at radius 2 is 1.44 bits per heavy atom. The van der Waals surface area contributed by atoms with Crippen LogP contribution in [0.5, 0.6) is 11.5 Å². The molecule has 1 aliphatic rings. The van der Waals surface area contributed by atoms with Gasteiger partial charge in [0, 0.05) is 12.3 Å². The lowest BCUT2D eigenvalue weighted by Gasteiger charge is -2.17. The molecule has 0 unspecified atom stereocenters. The fraction of sp³-hybridized carbons (Fsp3) is 0.533. The fourth-order valence-corrected chi connectivity index (χ4v) is 4.32. The smallest absolute Gasteiger partial charge is 0.343 e. The van der Waals surface area contributed by atoms with E-state index in [9.17, 15) is 4.79 Å². The monoisotopic (exact) mass is 463 g/mol. The number of carbonyl (C=O) groups is 1. The van der Waals surface area contributed by atoms with Gasteiger partial charge in [0.05, 0.1) is 12.2 Å². The van der Waals surface area contributed by atoms with Gasteiger partial charge < -0.3 is 9.47 Å². The second-order valence-corrected chi connectivity index (χ2v) is 9.38. The summed E-state index contributed by atoms with van der Waals surface area (Å²) < 4.78 is 11.3. The van der Waals surface area contributed by atoms with E-state index in [1.807, 2.05) is 42.6 Å². The first-order valence-electron chi connectivity index (χ1n) is 13.3. The van der Waals surface area contributed by atoms with Crippen LogP contribution in [0.4, 0.5) is 0 Å². The number of unbranched alkanes of at least 4 members (excludes halogenated alkanes) is 7. The zero-order valence-corrected chi connectivity index (χ0v) is 20.8. The Morgan fingerprint density at radius 3 is 2.12 bits per heavy atom. The van der Waals surface area contributed by atoms with E-state index in [1.165, 1.54) is 77.0 Å². The predicted octanol–water partition coefficient (Wildman–Crippen LogP) is 8.18. The molecule has 0 atom stereocenters. The Balaban J connectivity index is 1.35. The molecule has 4 heteroatoms. The van der Waals surface area contributed by atoms with Crippen LogP contribution in [0.2, 0.25) is 0 Å². The summed E-state index contributed by atoms with van der Waals surface area (Å²) in [7, 11) is 0. The number of carbonyl (C=O) groups excluding carboxylic acids is 1. The van der Waals surface area contributed by atoms with Crippen molar-refractivity contribution in [1.82, 2.24) is 0 Å². The van der Waals surface area contributed by atoms with Gasteiger partial charge in [0.1, 0.15) is 11.5 Å². The SMILES string of the molecule is CCCCCCCCCCOc1ccc(C(=O)Oc2ccc(C=NC3CCCCC3)cc2)cc1. The Labute approximate surface area is 205 Å². The van der Waals surface area contributed by atoms with E-state index < -0.39 is 0 Å². The second-order valence-electron chi connectivity index (χ2n) is 9.38. The normalized spacial score (nSPS) is 14.4. The van der Waals surface area contributed by atoms with Crippen LogP contribution < -0.4 is 9.47 Å². The van der Waals surface area contributed by atoms with Gasteiger partial charge in [0.25, 0.3) is 0 Å². The van der Waals surface area contributed by atoms with Crippen LogP contribution in [0.3, 0.4) is 0 Å². The van der Waals surface area contributed by atoms with E-state index in [0.29, 0.717) is 17.4 Å². The minimum absolute atomic E-state index is 0.363. The van der Waals surface area contributed by atoms with Gasteiger partial charge in [0.15, 0.2) is 0 Å². The molecule has 2 aromatic rings. The molecule has 34 heavy (non-hydrogen) atoms. The number of hydrogen-bond acceptors (Lipinski definition) is 4. The first kappa shape index (κ1) is 26.0. The lowest BCUT2D eigenvalue weighted by Crippen LogP contribution is -2.09. The molecule has 0 heterocycles. The van der Waals surface area contributed by atoms with Gasteiger partial charge in [-0.15, -0.1) is 0 Å². The van der Waals surface area contributed by atoms with Crippen molar-refractivity contribution in [3.05, 3.63) is 59.7 Å². The van der Waals surface area contributed by atoms with Crippen LogP contribution in [-0.4, -0.2) is 24.8 Å². The van der Waals surface area contributed by atoms with E-state index in [0.717, 1.165) is 24.3 Å². The summed E-state index contributed by atoms with van der Waals surface area (Å²) in [5, 5.41) is 0. The van der Waals surface area contributed by atoms with Gasteiger partial charge in [-0.05, 0) is 73.4 Å². The molecule has 0 N–H and O–H groups in total. The molecule has 3 rings (SSSR count). The van der Waals surface area contributed by atoms with E-state index in [1.54, 1.807) is 12.1 Å². The topological polar surface area (TPSA) is 47.9 Å². The lowest BCUT2D eigenvalue weighted by atomic mass is 9.96. The number of aliphatic imine (C=N–C) groups is 1. The molecule has 0 aliphatic heterocycles. The predicted molar refractivity (Wildman–Crippen MR) is 140 cm³/mol. The van der Waals surface area contributed by atoms with E-state index >= 15 is 0 Å². The maximum absolute atomic E-state index is 12.5. The fourth-order valence-electron chi connectivity index (χ4n) is 4.32. The van der Waals surface area contributed by atoms with E-state index in [2.05, 4.69) is 6.92 Å². The van der Waals surface area contributed by atoms with Gasteiger partial charge in [0.2, 0.25) is 0 Å². The van der Waals surface area contributed by atoms with Crippen LogP contribution in [0, 0.1) is 0 Å². The van der Waals surface area contributed by atoms with E-state index in [4.69, 9.17) is 14.5 Å². The van der Waals surface area contributed by atoms with Crippen LogP contribution in [0.1, 0.15) is 106 Å². The zero-order valence-electron chi connectivity index (χ0n) is 20.8. The maximum Gasteiger partial charge on any atom is 0.343 e. The Hall–Kier alpha value is -2.62. The minimum Gasteiger partial charge on any atom is -0.494 e. The molecule has 1 aliphatic carbocycles. The van der Waals surface area contributed by atoms with Gasteiger partial charge in [-0.2, -0.15) is 0 Å². The third kappa shape index (κ3) is 9.70. The third-order valence-electron chi connectivity index (χ3n) is 6.46. The van der Waals surface area contributed by atoms with Crippen molar-refractivity contribution in [2.45, 2.75) is 96.4 Å². The van der Waals surface area contributed by atoms with E-state index in [-0.39, 0.29) is 5.97 Å². The van der Waals surface area contributed by atoms with Crippen LogP contribution in [0.25, 0.3) is 0 Å². The standard InChI is InChI=1S/C30H41NO3/c1-2-3-4-5-6-7-8-12-23-33-28-21-17-26(18-22-28)30(32)34-29-19-15-25(16-20-29)24-31-27-13-10-9-11-14-27/h15-22,24,27H,2-14,23H2,1H3. The average molecular weight is 464 g/mol. The molecule has 2 aromatic carbocycles. The summed E-state index contributed by atoms with van der Waals surface area (Å²) in [5.41, 5.74) is 1.55. The van der Waals surface area contributed by atoms with Gasteiger partial charge >= 0.3 is 5.97 Å². The number of rotatable bonds is 14.